The summed E-state index contributed by atoms with van der Waals surface area (Å²) < 4.78 is 5.70. The van der Waals surface area contributed by atoms with E-state index in [0.29, 0.717) is 6.61 Å². The van der Waals surface area contributed by atoms with E-state index in [-0.39, 0.29) is 24.2 Å². The lowest BCUT2D eigenvalue weighted by Crippen LogP contribution is -2.34. The molecule has 0 unspecified atom stereocenters. The van der Waals surface area contributed by atoms with E-state index in [9.17, 15) is 4.79 Å². The molecule has 2 fully saturated rings. The SMILES string of the molecule is Cl.O=C(Nc1cccc(COCC2CC2)c1)C1CCNCC1. The Kier molecular flexibility index (Phi) is 6.68. The van der Waals surface area contributed by atoms with Crippen LogP contribution in [0, 0.1) is 11.8 Å². The number of ether oxygens (including phenoxy) is 1. The molecule has 1 amide bonds. The van der Waals surface area contributed by atoms with Gasteiger partial charge in [-0.2, -0.15) is 0 Å². The average molecular weight is 325 g/mol. The van der Waals surface area contributed by atoms with Crippen LogP contribution in [-0.4, -0.2) is 25.6 Å². The van der Waals surface area contributed by atoms with Gasteiger partial charge >= 0.3 is 0 Å². The molecule has 1 heterocycles. The number of hydrogen-bond acceptors (Lipinski definition) is 3. The molecule has 0 atom stereocenters. The van der Waals surface area contributed by atoms with E-state index in [1.165, 1.54) is 12.8 Å². The van der Waals surface area contributed by atoms with Crippen molar-refractivity contribution in [3.8, 4) is 0 Å². The van der Waals surface area contributed by atoms with Crippen molar-refractivity contribution in [3.63, 3.8) is 0 Å². The Balaban J connectivity index is 0.00000176. The van der Waals surface area contributed by atoms with Gasteiger partial charge in [0, 0.05) is 18.2 Å². The van der Waals surface area contributed by atoms with Crippen molar-refractivity contribution in [1.82, 2.24) is 5.32 Å². The molecule has 3 rings (SSSR count). The first-order valence-corrected chi connectivity index (χ1v) is 7.99. The maximum atomic E-state index is 12.2. The third-order valence-electron chi connectivity index (χ3n) is 4.22. The molecule has 0 radical (unpaired) electrons. The average Bonchev–Trinajstić information content (AvgIpc) is 3.33. The van der Waals surface area contributed by atoms with E-state index >= 15 is 0 Å². The summed E-state index contributed by atoms with van der Waals surface area (Å²) >= 11 is 0. The van der Waals surface area contributed by atoms with Gasteiger partial charge in [-0.25, -0.2) is 0 Å². The van der Waals surface area contributed by atoms with Crippen molar-refractivity contribution in [3.05, 3.63) is 29.8 Å². The first kappa shape index (κ1) is 17.3. The molecule has 0 aromatic heterocycles. The third-order valence-corrected chi connectivity index (χ3v) is 4.22. The minimum atomic E-state index is 0. The number of amides is 1. The smallest absolute Gasteiger partial charge is 0.227 e. The molecule has 1 aliphatic heterocycles. The van der Waals surface area contributed by atoms with Crippen LogP contribution in [0.4, 0.5) is 5.69 Å². The van der Waals surface area contributed by atoms with Crippen molar-refractivity contribution in [2.24, 2.45) is 11.8 Å². The molecule has 5 heteroatoms. The predicted octanol–water partition coefficient (Wildman–Crippen LogP) is 2.97. The monoisotopic (exact) mass is 324 g/mol. The van der Waals surface area contributed by atoms with Gasteiger partial charge in [-0.1, -0.05) is 12.1 Å². The lowest BCUT2D eigenvalue weighted by atomic mass is 9.97. The highest BCUT2D eigenvalue weighted by atomic mass is 35.5. The van der Waals surface area contributed by atoms with Crippen molar-refractivity contribution in [2.75, 3.05) is 25.0 Å². The van der Waals surface area contributed by atoms with E-state index in [2.05, 4.69) is 10.6 Å². The summed E-state index contributed by atoms with van der Waals surface area (Å²) in [7, 11) is 0. The van der Waals surface area contributed by atoms with Crippen molar-refractivity contribution < 1.29 is 9.53 Å². The summed E-state index contributed by atoms with van der Waals surface area (Å²) in [6.07, 6.45) is 4.48. The van der Waals surface area contributed by atoms with Gasteiger partial charge in [-0.15, -0.1) is 12.4 Å². The quantitative estimate of drug-likeness (QED) is 0.846. The molecule has 22 heavy (non-hydrogen) atoms. The summed E-state index contributed by atoms with van der Waals surface area (Å²) in [5.41, 5.74) is 2.00. The normalized spacial score (nSPS) is 18.5. The van der Waals surface area contributed by atoms with E-state index in [0.717, 1.165) is 49.7 Å². The van der Waals surface area contributed by atoms with Crippen LogP contribution in [0.15, 0.2) is 24.3 Å². The molecule has 1 aromatic carbocycles. The Morgan fingerprint density at radius 2 is 2.00 bits per heavy atom. The summed E-state index contributed by atoms with van der Waals surface area (Å²) in [5, 5.41) is 6.32. The molecule has 2 N–H and O–H groups in total. The number of piperidine rings is 1. The van der Waals surface area contributed by atoms with Crippen molar-refractivity contribution in [2.45, 2.75) is 32.3 Å². The van der Waals surface area contributed by atoms with Crippen LogP contribution in [0.1, 0.15) is 31.2 Å². The fourth-order valence-electron chi connectivity index (χ4n) is 2.70. The maximum Gasteiger partial charge on any atom is 0.227 e. The third kappa shape index (κ3) is 5.27. The lowest BCUT2D eigenvalue weighted by Gasteiger charge is -2.21. The van der Waals surface area contributed by atoms with Gasteiger partial charge in [0.15, 0.2) is 0 Å². The lowest BCUT2D eigenvalue weighted by molar-refractivity contribution is -0.120. The number of nitrogens with one attached hydrogen (secondary N) is 2. The molecule has 4 nitrogen and oxygen atoms in total. The zero-order valence-electron chi connectivity index (χ0n) is 12.8. The van der Waals surface area contributed by atoms with E-state index in [1.54, 1.807) is 0 Å². The van der Waals surface area contributed by atoms with Gasteiger partial charge in [0.25, 0.3) is 0 Å². The van der Waals surface area contributed by atoms with Gasteiger partial charge in [0.2, 0.25) is 5.91 Å². The van der Waals surface area contributed by atoms with E-state index in [4.69, 9.17) is 4.74 Å². The number of carbonyl (C=O) groups is 1. The molecular weight excluding hydrogens is 300 g/mol. The molecule has 0 bridgehead atoms. The number of benzene rings is 1. The van der Waals surface area contributed by atoms with Gasteiger partial charge in [0.1, 0.15) is 0 Å². The Morgan fingerprint density at radius 1 is 1.23 bits per heavy atom. The van der Waals surface area contributed by atoms with Crippen LogP contribution in [-0.2, 0) is 16.1 Å². The van der Waals surface area contributed by atoms with E-state index in [1.807, 2.05) is 24.3 Å². The highest BCUT2D eigenvalue weighted by Crippen LogP contribution is 2.29. The second kappa shape index (κ2) is 8.51. The van der Waals surface area contributed by atoms with Crippen LogP contribution in [0.25, 0.3) is 0 Å². The number of carbonyl (C=O) groups excluding carboxylic acids is 1. The number of anilines is 1. The van der Waals surface area contributed by atoms with Crippen molar-refractivity contribution in [1.29, 1.82) is 0 Å². The van der Waals surface area contributed by atoms with Crippen LogP contribution in [0.5, 0.6) is 0 Å². The minimum absolute atomic E-state index is 0. The van der Waals surface area contributed by atoms with Crippen LogP contribution in [0.3, 0.4) is 0 Å². The zero-order chi connectivity index (χ0) is 14.5. The molecule has 2 aliphatic rings. The zero-order valence-corrected chi connectivity index (χ0v) is 13.7. The summed E-state index contributed by atoms with van der Waals surface area (Å²) in [6.45, 7) is 3.37. The highest BCUT2D eigenvalue weighted by Gasteiger charge is 2.22. The molecule has 0 spiro atoms. The second-order valence-electron chi connectivity index (χ2n) is 6.17. The molecule has 1 aromatic rings. The summed E-state index contributed by atoms with van der Waals surface area (Å²) in [6, 6.07) is 8.00. The Bertz CT molecular complexity index is 485. The maximum absolute atomic E-state index is 12.2. The molecule has 1 saturated carbocycles. The summed E-state index contributed by atoms with van der Waals surface area (Å²) in [4.78, 5) is 12.2. The van der Waals surface area contributed by atoms with Crippen LogP contribution >= 0.6 is 12.4 Å². The highest BCUT2D eigenvalue weighted by molar-refractivity contribution is 5.92. The van der Waals surface area contributed by atoms with Gasteiger partial charge in [-0.05, 0) is 62.4 Å². The molecular formula is C17H25ClN2O2. The van der Waals surface area contributed by atoms with E-state index < -0.39 is 0 Å². The first-order chi connectivity index (χ1) is 10.3. The standard InChI is InChI=1S/C17H24N2O2.ClH/c20-17(15-6-8-18-9-7-15)19-16-3-1-2-14(10-16)12-21-11-13-4-5-13;/h1-3,10,13,15,18H,4-9,11-12H2,(H,19,20);1H. The topological polar surface area (TPSA) is 50.4 Å². The Morgan fingerprint density at radius 3 is 2.73 bits per heavy atom. The largest absolute Gasteiger partial charge is 0.376 e. The van der Waals surface area contributed by atoms with Gasteiger partial charge < -0.3 is 15.4 Å². The molecule has 1 saturated heterocycles. The Labute approximate surface area is 138 Å². The first-order valence-electron chi connectivity index (χ1n) is 7.99. The molecule has 1 aliphatic carbocycles. The second-order valence-corrected chi connectivity index (χ2v) is 6.17. The molecule has 122 valence electrons. The summed E-state index contributed by atoms with van der Waals surface area (Å²) in [5.74, 6) is 1.07. The fourth-order valence-corrected chi connectivity index (χ4v) is 2.70. The fraction of sp³-hybridized carbons (Fsp3) is 0.588. The van der Waals surface area contributed by atoms with Gasteiger partial charge in [-0.3, -0.25) is 4.79 Å². The predicted molar refractivity (Wildman–Crippen MR) is 90.3 cm³/mol. The van der Waals surface area contributed by atoms with Crippen LogP contribution < -0.4 is 10.6 Å². The number of hydrogen-bond donors (Lipinski definition) is 2. The Hall–Kier alpha value is -1.10. The number of halogens is 1. The minimum Gasteiger partial charge on any atom is -0.376 e. The number of rotatable bonds is 6. The van der Waals surface area contributed by atoms with Crippen molar-refractivity contribution >= 4 is 24.0 Å². The van der Waals surface area contributed by atoms with Gasteiger partial charge in [0.05, 0.1) is 6.61 Å². The van der Waals surface area contributed by atoms with Crippen LogP contribution in [0.2, 0.25) is 0 Å².